The molecule has 7 heteroatoms. The summed E-state index contributed by atoms with van der Waals surface area (Å²) in [7, 11) is -1.62. The molecule has 0 aromatic carbocycles. The van der Waals surface area contributed by atoms with E-state index in [0.717, 1.165) is 29.3 Å². The fourth-order valence-corrected chi connectivity index (χ4v) is 6.28. The molecule has 1 unspecified atom stereocenters. The van der Waals surface area contributed by atoms with Gasteiger partial charge in [-0.1, -0.05) is 13.8 Å². The van der Waals surface area contributed by atoms with E-state index in [-0.39, 0.29) is 6.04 Å². The minimum Gasteiger partial charge on any atom is -0.310 e. The van der Waals surface area contributed by atoms with Crippen LogP contribution in [0.1, 0.15) is 25.1 Å². The Morgan fingerprint density at radius 3 is 2.80 bits per heavy atom. The monoisotopic (exact) mass is 334 g/mol. The number of nitrogens with one attached hydrogen (secondary N) is 1. The van der Waals surface area contributed by atoms with Crippen molar-refractivity contribution in [3.05, 3.63) is 17.0 Å². The second-order valence-electron chi connectivity index (χ2n) is 5.30. The first-order valence-corrected chi connectivity index (χ1v) is 10.2. The van der Waals surface area contributed by atoms with Crippen molar-refractivity contribution in [2.75, 3.05) is 18.6 Å². The fourth-order valence-electron chi connectivity index (χ4n) is 2.04. The fraction of sp³-hybridized carbons (Fsp3) is 0.692. The maximum Gasteiger partial charge on any atom is 0.252 e. The van der Waals surface area contributed by atoms with E-state index in [4.69, 9.17) is 0 Å². The Morgan fingerprint density at radius 2 is 2.20 bits per heavy atom. The maximum atomic E-state index is 12.6. The summed E-state index contributed by atoms with van der Waals surface area (Å²) < 4.78 is 27.2. The lowest BCUT2D eigenvalue weighted by molar-refractivity contribution is 0.396. The minimum atomic E-state index is -3.33. The van der Waals surface area contributed by atoms with Crippen LogP contribution in [0.3, 0.4) is 0 Å². The zero-order valence-corrected chi connectivity index (χ0v) is 14.6. The second kappa shape index (κ2) is 6.79. The molecule has 0 spiro atoms. The third-order valence-electron chi connectivity index (χ3n) is 3.37. The summed E-state index contributed by atoms with van der Waals surface area (Å²) in [6.45, 7) is 4.88. The SMILES string of the molecule is CC(C)NCc1ccc(S(=O)(=O)N(C)C2CCSC2)s1. The van der Waals surface area contributed by atoms with Crippen molar-refractivity contribution < 1.29 is 8.42 Å². The predicted octanol–water partition coefficient (Wildman–Crippen LogP) is 2.37. The number of hydrogen-bond acceptors (Lipinski definition) is 5. The molecule has 0 amide bonds. The first kappa shape index (κ1) is 16.3. The van der Waals surface area contributed by atoms with Gasteiger partial charge in [-0.3, -0.25) is 0 Å². The third-order valence-corrected chi connectivity index (χ3v) is 7.98. The van der Waals surface area contributed by atoms with Crippen molar-refractivity contribution in [1.29, 1.82) is 0 Å². The van der Waals surface area contributed by atoms with E-state index in [1.807, 2.05) is 17.8 Å². The highest BCUT2D eigenvalue weighted by molar-refractivity contribution is 7.99. The Labute approximate surface area is 130 Å². The lowest BCUT2D eigenvalue weighted by Gasteiger charge is -2.22. The smallest absolute Gasteiger partial charge is 0.252 e. The van der Waals surface area contributed by atoms with Gasteiger partial charge >= 0.3 is 0 Å². The highest BCUT2D eigenvalue weighted by Crippen LogP contribution is 2.29. The van der Waals surface area contributed by atoms with E-state index in [0.29, 0.717) is 10.3 Å². The number of rotatable bonds is 6. The quantitative estimate of drug-likeness (QED) is 0.868. The average molecular weight is 335 g/mol. The van der Waals surface area contributed by atoms with Gasteiger partial charge in [0.05, 0.1) is 0 Å². The second-order valence-corrected chi connectivity index (χ2v) is 9.84. The van der Waals surface area contributed by atoms with E-state index < -0.39 is 10.0 Å². The first-order chi connectivity index (χ1) is 9.41. The first-order valence-electron chi connectivity index (χ1n) is 6.79. The van der Waals surface area contributed by atoms with Crippen LogP contribution < -0.4 is 5.32 Å². The van der Waals surface area contributed by atoms with Crippen molar-refractivity contribution in [2.45, 2.75) is 43.1 Å². The summed E-state index contributed by atoms with van der Waals surface area (Å²) in [5, 5.41) is 3.31. The molecule has 0 radical (unpaired) electrons. The van der Waals surface area contributed by atoms with Crippen molar-refractivity contribution in [3.8, 4) is 0 Å². The van der Waals surface area contributed by atoms with E-state index in [1.54, 1.807) is 17.4 Å². The molecule has 1 fully saturated rings. The van der Waals surface area contributed by atoms with Crippen molar-refractivity contribution in [3.63, 3.8) is 0 Å². The molecule has 4 nitrogen and oxygen atoms in total. The molecular formula is C13H22N2O2S3. The van der Waals surface area contributed by atoms with Crippen LogP contribution in [0.25, 0.3) is 0 Å². The molecule has 114 valence electrons. The van der Waals surface area contributed by atoms with Crippen LogP contribution in [0.5, 0.6) is 0 Å². The van der Waals surface area contributed by atoms with Crippen LogP contribution in [0.4, 0.5) is 0 Å². The van der Waals surface area contributed by atoms with Crippen LogP contribution in [-0.2, 0) is 16.6 Å². The summed E-state index contributed by atoms with van der Waals surface area (Å²) >= 11 is 3.20. The minimum absolute atomic E-state index is 0.143. The Kier molecular flexibility index (Phi) is 5.53. The van der Waals surface area contributed by atoms with E-state index in [9.17, 15) is 8.42 Å². The summed E-state index contributed by atoms with van der Waals surface area (Å²) in [6.07, 6.45) is 0.952. The third kappa shape index (κ3) is 3.76. The van der Waals surface area contributed by atoms with Crippen molar-refractivity contribution in [2.24, 2.45) is 0 Å². The highest BCUT2D eigenvalue weighted by atomic mass is 32.2. The maximum absolute atomic E-state index is 12.6. The Morgan fingerprint density at radius 1 is 1.45 bits per heavy atom. The Balaban J connectivity index is 2.09. The average Bonchev–Trinajstić information content (AvgIpc) is 3.06. The normalized spacial score (nSPS) is 20.1. The lowest BCUT2D eigenvalue weighted by Crippen LogP contribution is -2.36. The predicted molar refractivity (Wildman–Crippen MR) is 87.0 cm³/mol. The van der Waals surface area contributed by atoms with Crippen molar-refractivity contribution in [1.82, 2.24) is 9.62 Å². The molecule has 1 saturated heterocycles. The number of thiophene rings is 1. The molecule has 2 heterocycles. The van der Waals surface area contributed by atoms with Gasteiger partial charge in [-0.2, -0.15) is 16.1 Å². The number of hydrogen-bond donors (Lipinski definition) is 1. The Hall–Kier alpha value is -0.0800. The molecule has 1 aromatic heterocycles. The van der Waals surface area contributed by atoms with E-state index >= 15 is 0 Å². The molecule has 1 N–H and O–H groups in total. The molecule has 1 aliphatic heterocycles. The summed E-state index contributed by atoms with van der Waals surface area (Å²) in [4.78, 5) is 1.06. The van der Waals surface area contributed by atoms with Gasteiger partial charge in [0.25, 0.3) is 10.0 Å². The molecule has 20 heavy (non-hydrogen) atoms. The van der Waals surface area contributed by atoms with Gasteiger partial charge in [-0.25, -0.2) is 8.42 Å². The highest BCUT2D eigenvalue weighted by Gasteiger charge is 2.31. The van der Waals surface area contributed by atoms with Gasteiger partial charge in [0.1, 0.15) is 4.21 Å². The van der Waals surface area contributed by atoms with Gasteiger partial charge in [0, 0.05) is 36.3 Å². The van der Waals surface area contributed by atoms with Gasteiger partial charge in [0.2, 0.25) is 0 Å². The zero-order valence-electron chi connectivity index (χ0n) is 12.1. The standard InChI is InChI=1S/C13H22N2O2S3/c1-10(2)14-8-12-4-5-13(19-12)20(16,17)15(3)11-6-7-18-9-11/h4-5,10-11,14H,6-9H2,1-3H3. The summed E-state index contributed by atoms with van der Waals surface area (Å²) in [5.41, 5.74) is 0. The van der Waals surface area contributed by atoms with E-state index in [1.165, 1.54) is 11.3 Å². The lowest BCUT2D eigenvalue weighted by atomic mass is 10.3. The van der Waals surface area contributed by atoms with Gasteiger partial charge in [0.15, 0.2) is 0 Å². The van der Waals surface area contributed by atoms with Gasteiger partial charge < -0.3 is 5.32 Å². The molecular weight excluding hydrogens is 312 g/mol. The van der Waals surface area contributed by atoms with Crippen LogP contribution in [0.2, 0.25) is 0 Å². The van der Waals surface area contributed by atoms with Crippen LogP contribution >= 0.6 is 23.1 Å². The van der Waals surface area contributed by atoms with Gasteiger partial charge in [-0.15, -0.1) is 11.3 Å². The Bertz CT molecular complexity index is 534. The molecule has 1 aliphatic rings. The topological polar surface area (TPSA) is 49.4 Å². The van der Waals surface area contributed by atoms with E-state index in [2.05, 4.69) is 19.2 Å². The molecule has 1 aromatic rings. The largest absolute Gasteiger partial charge is 0.310 e. The summed E-state index contributed by atoms with van der Waals surface area (Å²) in [5.74, 6) is 1.96. The van der Waals surface area contributed by atoms with Crippen LogP contribution in [0, 0.1) is 0 Å². The number of thioether (sulfide) groups is 1. The van der Waals surface area contributed by atoms with Gasteiger partial charge in [-0.05, 0) is 24.3 Å². The van der Waals surface area contributed by atoms with Crippen LogP contribution in [0.15, 0.2) is 16.3 Å². The molecule has 2 rings (SSSR count). The zero-order chi connectivity index (χ0) is 14.8. The summed E-state index contributed by atoms with van der Waals surface area (Å²) in [6, 6.07) is 4.18. The van der Waals surface area contributed by atoms with Crippen LogP contribution in [-0.4, -0.2) is 43.4 Å². The van der Waals surface area contributed by atoms with Crippen molar-refractivity contribution >= 4 is 33.1 Å². The number of sulfonamides is 1. The molecule has 0 bridgehead atoms. The number of nitrogens with zero attached hydrogens (tertiary/aromatic N) is 1. The molecule has 0 aliphatic carbocycles. The molecule has 1 atom stereocenters. The molecule has 0 saturated carbocycles.